The van der Waals surface area contributed by atoms with Crippen LogP contribution in [0.15, 0.2) is 0 Å². The molecule has 2 unspecified atom stereocenters. The zero-order valence-electron chi connectivity index (χ0n) is 13.4. The molecule has 0 aromatic carbocycles. The molecule has 0 bridgehead atoms. The Morgan fingerprint density at radius 3 is 2.50 bits per heavy atom. The van der Waals surface area contributed by atoms with Crippen LogP contribution in [0.1, 0.15) is 53.4 Å². The molecule has 1 amide bonds. The molecule has 1 rings (SSSR count). The summed E-state index contributed by atoms with van der Waals surface area (Å²) in [5, 5.41) is 3.01. The maximum absolute atomic E-state index is 12.0. The molecule has 3 N–H and O–H groups in total. The molecule has 4 nitrogen and oxygen atoms in total. The maximum Gasteiger partial charge on any atom is 0.239 e. The molecule has 1 aliphatic rings. The number of hydrogen-bond acceptors (Lipinski definition) is 3. The summed E-state index contributed by atoms with van der Waals surface area (Å²) in [6, 6.07) is 0.397. The molecule has 2 atom stereocenters. The van der Waals surface area contributed by atoms with E-state index >= 15 is 0 Å². The van der Waals surface area contributed by atoms with E-state index in [1.54, 1.807) is 0 Å². The molecule has 120 valence electrons. The zero-order chi connectivity index (χ0) is 14.5. The topological polar surface area (TPSA) is 58.4 Å². The van der Waals surface area contributed by atoms with Gasteiger partial charge < -0.3 is 11.1 Å². The quantitative estimate of drug-likeness (QED) is 0.790. The van der Waals surface area contributed by atoms with E-state index in [1.807, 2.05) is 6.92 Å². The van der Waals surface area contributed by atoms with Crippen molar-refractivity contribution in [1.29, 1.82) is 0 Å². The van der Waals surface area contributed by atoms with E-state index in [2.05, 4.69) is 31.0 Å². The van der Waals surface area contributed by atoms with Crippen LogP contribution in [0.2, 0.25) is 0 Å². The smallest absolute Gasteiger partial charge is 0.239 e. The number of carbonyl (C=O) groups is 1. The van der Waals surface area contributed by atoms with E-state index < -0.39 is 5.54 Å². The van der Waals surface area contributed by atoms with Gasteiger partial charge in [-0.2, -0.15) is 0 Å². The summed E-state index contributed by atoms with van der Waals surface area (Å²) in [4.78, 5) is 14.5. The van der Waals surface area contributed by atoms with E-state index in [9.17, 15) is 4.79 Å². The first-order chi connectivity index (χ1) is 8.86. The molecule has 1 saturated heterocycles. The Bertz CT molecular complexity index is 289. The highest BCUT2D eigenvalue weighted by Crippen LogP contribution is 2.17. The Hall–Kier alpha value is -0.320. The van der Waals surface area contributed by atoms with Crippen molar-refractivity contribution in [3.63, 3.8) is 0 Å². The normalized spacial score (nSPS) is 21.6. The van der Waals surface area contributed by atoms with Gasteiger partial charge in [0.25, 0.3) is 0 Å². The minimum absolute atomic E-state index is 0. The average molecular weight is 306 g/mol. The van der Waals surface area contributed by atoms with Crippen molar-refractivity contribution in [3.05, 3.63) is 0 Å². The summed E-state index contributed by atoms with van der Waals surface area (Å²) in [7, 11) is 0. The highest BCUT2D eigenvalue weighted by atomic mass is 35.5. The molecule has 20 heavy (non-hydrogen) atoms. The Morgan fingerprint density at radius 1 is 1.45 bits per heavy atom. The SMILES string of the molecule is CCCC(C)(N)C(=O)NCC(C)N1CCC(C)CC1.Cl. The van der Waals surface area contributed by atoms with Crippen LogP contribution in [0, 0.1) is 5.92 Å². The second-order valence-corrected chi connectivity index (χ2v) is 6.45. The number of likely N-dealkylation sites (tertiary alicyclic amines) is 1. The lowest BCUT2D eigenvalue weighted by atomic mass is 9.96. The van der Waals surface area contributed by atoms with Gasteiger partial charge in [-0.15, -0.1) is 12.4 Å². The summed E-state index contributed by atoms with van der Waals surface area (Å²) in [6.07, 6.45) is 4.19. The van der Waals surface area contributed by atoms with Gasteiger partial charge in [-0.05, 0) is 52.1 Å². The molecule has 1 heterocycles. The van der Waals surface area contributed by atoms with Crippen LogP contribution in [-0.2, 0) is 4.79 Å². The molecule has 0 aromatic heterocycles. The number of carbonyl (C=O) groups excluding carboxylic acids is 1. The fraction of sp³-hybridized carbons (Fsp3) is 0.933. The fourth-order valence-corrected chi connectivity index (χ4v) is 2.67. The molecule has 0 aromatic rings. The van der Waals surface area contributed by atoms with Crippen LogP contribution in [0.4, 0.5) is 0 Å². The summed E-state index contributed by atoms with van der Waals surface area (Å²) in [6.45, 7) is 11.4. The number of nitrogens with two attached hydrogens (primary N) is 1. The number of nitrogens with one attached hydrogen (secondary N) is 1. The van der Waals surface area contributed by atoms with Crippen molar-refractivity contribution in [2.45, 2.75) is 65.0 Å². The molecule has 1 aliphatic heterocycles. The van der Waals surface area contributed by atoms with Crippen LogP contribution in [0.5, 0.6) is 0 Å². The van der Waals surface area contributed by atoms with Crippen molar-refractivity contribution >= 4 is 18.3 Å². The third kappa shape index (κ3) is 5.98. The molecule has 5 heteroatoms. The second-order valence-electron chi connectivity index (χ2n) is 6.45. The van der Waals surface area contributed by atoms with Crippen LogP contribution in [0.25, 0.3) is 0 Å². The molecular formula is C15H32ClN3O. The highest BCUT2D eigenvalue weighted by molar-refractivity contribution is 5.85. The van der Waals surface area contributed by atoms with Gasteiger partial charge in [-0.25, -0.2) is 0 Å². The Labute approximate surface area is 130 Å². The second kappa shape index (κ2) is 8.85. The standard InChI is InChI=1S/C15H31N3O.ClH/c1-5-8-15(4,16)14(19)17-11-13(3)18-9-6-12(2)7-10-18;/h12-13H,5-11,16H2,1-4H3,(H,17,19);1H. The minimum Gasteiger partial charge on any atom is -0.353 e. The van der Waals surface area contributed by atoms with Gasteiger partial charge in [-0.1, -0.05) is 20.3 Å². The van der Waals surface area contributed by atoms with Crippen LogP contribution >= 0.6 is 12.4 Å². The lowest BCUT2D eigenvalue weighted by molar-refractivity contribution is -0.126. The lowest BCUT2D eigenvalue weighted by Crippen LogP contribution is -2.54. The van der Waals surface area contributed by atoms with Crippen LogP contribution in [-0.4, -0.2) is 42.0 Å². The summed E-state index contributed by atoms with van der Waals surface area (Å²) in [5.74, 6) is 0.821. The molecule has 0 spiro atoms. The summed E-state index contributed by atoms with van der Waals surface area (Å²) < 4.78 is 0. The maximum atomic E-state index is 12.0. The predicted octanol–water partition coefficient (Wildman–Crippen LogP) is 2.16. The molecule has 1 fully saturated rings. The fourth-order valence-electron chi connectivity index (χ4n) is 2.67. The summed E-state index contributed by atoms with van der Waals surface area (Å²) >= 11 is 0. The van der Waals surface area contributed by atoms with E-state index in [-0.39, 0.29) is 18.3 Å². The first kappa shape index (κ1) is 19.7. The van der Waals surface area contributed by atoms with Crippen LogP contribution in [0.3, 0.4) is 0 Å². The zero-order valence-corrected chi connectivity index (χ0v) is 14.3. The predicted molar refractivity (Wildman–Crippen MR) is 87.2 cm³/mol. The van der Waals surface area contributed by atoms with E-state index in [1.165, 1.54) is 12.8 Å². The number of halogens is 1. The average Bonchev–Trinajstić information content (AvgIpc) is 2.36. The largest absolute Gasteiger partial charge is 0.353 e. The van der Waals surface area contributed by atoms with Gasteiger partial charge in [0.15, 0.2) is 0 Å². The third-order valence-corrected chi connectivity index (χ3v) is 4.29. The van der Waals surface area contributed by atoms with E-state index in [4.69, 9.17) is 5.73 Å². The molecule has 0 radical (unpaired) electrons. The Kier molecular flexibility index (Phi) is 8.71. The monoisotopic (exact) mass is 305 g/mol. The molecule has 0 aliphatic carbocycles. The van der Waals surface area contributed by atoms with Crippen LogP contribution < -0.4 is 11.1 Å². The third-order valence-electron chi connectivity index (χ3n) is 4.29. The number of piperidine rings is 1. The number of rotatable bonds is 6. The number of hydrogen-bond donors (Lipinski definition) is 2. The first-order valence-corrected chi connectivity index (χ1v) is 7.68. The highest BCUT2D eigenvalue weighted by Gasteiger charge is 2.28. The van der Waals surface area contributed by atoms with Gasteiger partial charge in [-0.3, -0.25) is 9.69 Å². The van der Waals surface area contributed by atoms with Crippen molar-refractivity contribution in [1.82, 2.24) is 10.2 Å². The number of amides is 1. The van der Waals surface area contributed by atoms with E-state index in [0.29, 0.717) is 12.6 Å². The minimum atomic E-state index is -0.731. The molecular weight excluding hydrogens is 274 g/mol. The first-order valence-electron chi connectivity index (χ1n) is 7.68. The van der Waals surface area contributed by atoms with Gasteiger partial charge in [0.05, 0.1) is 5.54 Å². The van der Waals surface area contributed by atoms with Crippen molar-refractivity contribution in [3.8, 4) is 0 Å². The number of nitrogens with zero attached hydrogens (tertiary/aromatic N) is 1. The van der Waals surface area contributed by atoms with Gasteiger partial charge in [0.1, 0.15) is 0 Å². The summed E-state index contributed by atoms with van der Waals surface area (Å²) in [5.41, 5.74) is 5.30. The van der Waals surface area contributed by atoms with Crippen molar-refractivity contribution in [2.75, 3.05) is 19.6 Å². The van der Waals surface area contributed by atoms with E-state index in [0.717, 1.165) is 31.8 Å². The van der Waals surface area contributed by atoms with Gasteiger partial charge >= 0.3 is 0 Å². The molecule has 0 saturated carbocycles. The van der Waals surface area contributed by atoms with Gasteiger partial charge in [0.2, 0.25) is 5.91 Å². The lowest BCUT2D eigenvalue weighted by Gasteiger charge is -2.35. The van der Waals surface area contributed by atoms with Crippen molar-refractivity contribution in [2.24, 2.45) is 11.7 Å². The van der Waals surface area contributed by atoms with Crippen molar-refractivity contribution < 1.29 is 4.79 Å². The Morgan fingerprint density at radius 2 is 2.00 bits per heavy atom. The Balaban J connectivity index is 0.00000361. The van der Waals surface area contributed by atoms with Gasteiger partial charge in [0, 0.05) is 12.6 Å².